The lowest BCUT2D eigenvalue weighted by Crippen LogP contribution is -2.24. The first-order valence-electron chi connectivity index (χ1n) is 8.04. The summed E-state index contributed by atoms with van der Waals surface area (Å²) in [6, 6.07) is 15.9. The number of nitrogens with zero attached hydrogens (tertiary/aromatic N) is 1. The van der Waals surface area contributed by atoms with Gasteiger partial charge in [-0.25, -0.2) is 0 Å². The van der Waals surface area contributed by atoms with E-state index in [1.54, 1.807) is 0 Å². The van der Waals surface area contributed by atoms with E-state index in [1.165, 1.54) is 5.56 Å². The van der Waals surface area contributed by atoms with Gasteiger partial charge in [0.1, 0.15) is 5.58 Å². The zero-order valence-electron chi connectivity index (χ0n) is 14.3. The molecule has 2 aromatic carbocycles. The molecule has 0 bridgehead atoms. The van der Waals surface area contributed by atoms with E-state index in [0.717, 1.165) is 28.6 Å². The molecule has 0 aliphatic rings. The standard InChI is InChI=1S/C20H22N2O2/c1-14-17-10-6-7-11-18(17)24-19(14)20(23)21-12-15-8-4-5-9-16(15)13-22(2)3/h4-11H,12-13H2,1-3H3,(H,21,23). The third-order valence-corrected chi connectivity index (χ3v) is 4.09. The molecule has 1 aromatic heterocycles. The van der Waals surface area contributed by atoms with Crippen LogP contribution in [0.15, 0.2) is 52.9 Å². The van der Waals surface area contributed by atoms with Gasteiger partial charge in [-0.3, -0.25) is 4.79 Å². The summed E-state index contributed by atoms with van der Waals surface area (Å²) in [6.45, 7) is 3.25. The van der Waals surface area contributed by atoms with Gasteiger partial charge in [0.05, 0.1) is 0 Å². The number of fused-ring (bicyclic) bond motifs is 1. The molecular formula is C20H22N2O2. The third-order valence-electron chi connectivity index (χ3n) is 4.09. The number of benzene rings is 2. The van der Waals surface area contributed by atoms with Crippen molar-refractivity contribution in [3.8, 4) is 0 Å². The number of rotatable bonds is 5. The Morgan fingerprint density at radius 1 is 1.04 bits per heavy atom. The molecule has 0 aliphatic carbocycles. The number of carbonyl (C=O) groups is 1. The fourth-order valence-electron chi connectivity index (χ4n) is 2.87. The second-order valence-corrected chi connectivity index (χ2v) is 6.24. The molecule has 4 heteroatoms. The van der Waals surface area contributed by atoms with Gasteiger partial charge in [0.25, 0.3) is 5.91 Å². The van der Waals surface area contributed by atoms with E-state index in [0.29, 0.717) is 12.3 Å². The van der Waals surface area contributed by atoms with Crippen molar-refractivity contribution in [1.29, 1.82) is 0 Å². The van der Waals surface area contributed by atoms with Crippen molar-refractivity contribution in [1.82, 2.24) is 10.2 Å². The van der Waals surface area contributed by atoms with Gasteiger partial charge >= 0.3 is 0 Å². The van der Waals surface area contributed by atoms with E-state index in [1.807, 2.05) is 63.5 Å². The van der Waals surface area contributed by atoms with Crippen molar-refractivity contribution in [3.05, 3.63) is 71.0 Å². The Labute approximate surface area is 142 Å². The highest BCUT2D eigenvalue weighted by atomic mass is 16.3. The molecule has 24 heavy (non-hydrogen) atoms. The monoisotopic (exact) mass is 322 g/mol. The number of hydrogen-bond acceptors (Lipinski definition) is 3. The molecule has 0 fully saturated rings. The normalized spacial score (nSPS) is 11.2. The first-order chi connectivity index (χ1) is 11.6. The van der Waals surface area contributed by atoms with Crippen molar-refractivity contribution >= 4 is 16.9 Å². The SMILES string of the molecule is Cc1c(C(=O)NCc2ccccc2CN(C)C)oc2ccccc12. The topological polar surface area (TPSA) is 45.5 Å². The molecule has 0 radical (unpaired) electrons. The first-order valence-corrected chi connectivity index (χ1v) is 8.04. The van der Waals surface area contributed by atoms with Crippen LogP contribution in [0.4, 0.5) is 0 Å². The molecular weight excluding hydrogens is 300 g/mol. The van der Waals surface area contributed by atoms with Crippen LogP contribution in [0.25, 0.3) is 11.0 Å². The van der Waals surface area contributed by atoms with Crippen LogP contribution in [0.3, 0.4) is 0 Å². The van der Waals surface area contributed by atoms with Crippen LogP contribution in [0.1, 0.15) is 27.2 Å². The summed E-state index contributed by atoms with van der Waals surface area (Å²) in [5.74, 6) is 0.213. The van der Waals surface area contributed by atoms with Crippen molar-refractivity contribution in [3.63, 3.8) is 0 Å². The Kier molecular flexibility index (Phi) is 4.67. The smallest absolute Gasteiger partial charge is 0.287 e. The van der Waals surface area contributed by atoms with Crippen molar-refractivity contribution in [2.24, 2.45) is 0 Å². The summed E-state index contributed by atoms with van der Waals surface area (Å²) in [5, 5.41) is 3.96. The molecule has 0 unspecified atom stereocenters. The van der Waals surface area contributed by atoms with Crippen molar-refractivity contribution in [2.75, 3.05) is 14.1 Å². The molecule has 124 valence electrons. The number of hydrogen-bond donors (Lipinski definition) is 1. The lowest BCUT2D eigenvalue weighted by Gasteiger charge is -2.14. The quantitative estimate of drug-likeness (QED) is 0.778. The van der Waals surface area contributed by atoms with Crippen molar-refractivity contribution in [2.45, 2.75) is 20.0 Å². The fourth-order valence-corrected chi connectivity index (χ4v) is 2.87. The number of nitrogens with one attached hydrogen (secondary N) is 1. The van der Waals surface area contributed by atoms with E-state index >= 15 is 0 Å². The molecule has 0 saturated heterocycles. The summed E-state index contributed by atoms with van der Waals surface area (Å²) < 4.78 is 5.72. The van der Waals surface area contributed by atoms with Gasteiger partial charge in [-0.1, -0.05) is 42.5 Å². The number of para-hydroxylation sites is 1. The predicted octanol–water partition coefficient (Wildman–Crippen LogP) is 3.73. The molecule has 3 rings (SSSR count). The number of carbonyl (C=O) groups excluding carboxylic acids is 1. The molecule has 1 amide bonds. The maximum Gasteiger partial charge on any atom is 0.287 e. The van der Waals surface area contributed by atoms with Gasteiger partial charge in [-0.15, -0.1) is 0 Å². The van der Waals surface area contributed by atoms with Crippen LogP contribution in [-0.4, -0.2) is 24.9 Å². The minimum atomic E-state index is -0.177. The van der Waals surface area contributed by atoms with Crippen LogP contribution < -0.4 is 5.32 Å². The van der Waals surface area contributed by atoms with Crippen LogP contribution in [0.5, 0.6) is 0 Å². The number of aryl methyl sites for hydroxylation is 1. The van der Waals surface area contributed by atoms with Crippen LogP contribution in [0, 0.1) is 6.92 Å². The van der Waals surface area contributed by atoms with Crippen LogP contribution in [0.2, 0.25) is 0 Å². The average Bonchev–Trinajstić information content (AvgIpc) is 2.91. The molecule has 1 N–H and O–H groups in total. The Morgan fingerprint density at radius 3 is 2.42 bits per heavy atom. The lowest BCUT2D eigenvalue weighted by molar-refractivity contribution is 0.0924. The molecule has 3 aromatic rings. The molecule has 0 spiro atoms. The second-order valence-electron chi connectivity index (χ2n) is 6.24. The highest BCUT2D eigenvalue weighted by Crippen LogP contribution is 2.24. The highest BCUT2D eigenvalue weighted by Gasteiger charge is 2.17. The van der Waals surface area contributed by atoms with Gasteiger partial charge < -0.3 is 14.6 Å². The van der Waals surface area contributed by atoms with Gasteiger partial charge in [0, 0.05) is 24.0 Å². The lowest BCUT2D eigenvalue weighted by atomic mass is 10.1. The Bertz CT molecular complexity index is 865. The summed E-state index contributed by atoms with van der Waals surface area (Å²) in [6.07, 6.45) is 0. The van der Waals surface area contributed by atoms with Gasteiger partial charge in [-0.2, -0.15) is 0 Å². The minimum absolute atomic E-state index is 0.177. The average molecular weight is 322 g/mol. The van der Waals surface area contributed by atoms with E-state index in [9.17, 15) is 4.79 Å². The maximum atomic E-state index is 12.5. The summed E-state index contributed by atoms with van der Waals surface area (Å²) in [5.41, 5.74) is 3.95. The van der Waals surface area contributed by atoms with Crippen molar-refractivity contribution < 1.29 is 9.21 Å². The Hall–Kier alpha value is -2.59. The largest absolute Gasteiger partial charge is 0.451 e. The van der Waals surface area contributed by atoms with E-state index in [4.69, 9.17) is 4.42 Å². The second kappa shape index (κ2) is 6.89. The number of amides is 1. The molecule has 0 aliphatic heterocycles. The Balaban J connectivity index is 1.77. The third kappa shape index (κ3) is 3.34. The molecule has 0 atom stereocenters. The molecule has 0 saturated carbocycles. The van der Waals surface area contributed by atoms with Crippen LogP contribution >= 0.6 is 0 Å². The number of furan rings is 1. The minimum Gasteiger partial charge on any atom is -0.451 e. The maximum absolute atomic E-state index is 12.5. The molecule has 4 nitrogen and oxygen atoms in total. The zero-order valence-corrected chi connectivity index (χ0v) is 14.3. The van der Waals surface area contributed by atoms with Crippen LogP contribution in [-0.2, 0) is 13.1 Å². The van der Waals surface area contributed by atoms with Gasteiger partial charge in [0.15, 0.2) is 5.76 Å². The summed E-state index contributed by atoms with van der Waals surface area (Å²) >= 11 is 0. The molecule has 1 heterocycles. The Morgan fingerprint density at radius 2 is 1.71 bits per heavy atom. The van der Waals surface area contributed by atoms with Gasteiger partial charge in [0.2, 0.25) is 0 Å². The summed E-state index contributed by atoms with van der Waals surface area (Å²) in [7, 11) is 4.07. The van der Waals surface area contributed by atoms with Gasteiger partial charge in [-0.05, 0) is 38.2 Å². The zero-order chi connectivity index (χ0) is 17.1. The summed E-state index contributed by atoms with van der Waals surface area (Å²) in [4.78, 5) is 14.6. The van der Waals surface area contributed by atoms with E-state index < -0.39 is 0 Å². The van der Waals surface area contributed by atoms with E-state index in [-0.39, 0.29) is 5.91 Å². The highest BCUT2D eigenvalue weighted by molar-refractivity contribution is 5.98. The fraction of sp³-hybridized carbons (Fsp3) is 0.250. The first kappa shape index (κ1) is 16.3. The van der Waals surface area contributed by atoms with E-state index in [2.05, 4.69) is 16.3 Å². The predicted molar refractivity (Wildman–Crippen MR) is 96.0 cm³/mol.